The molecule has 3 N–H and O–H groups in total. The molecule has 4 nitrogen and oxygen atoms in total. The number of hydrogen-bond donors (Lipinski definition) is 2. The first-order valence-corrected chi connectivity index (χ1v) is 8.40. The molecular formula is C13H15FN2O2S2. The summed E-state index contributed by atoms with van der Waals surface area (Å²) in [6.07, 6.45) is 0.502. The van der Waals surface area contributed by atoms with Crippen LogP contribution >= 0.6 is 11.3 Å². The number of halogens is 1. The molecular weight excluding hydrogens is 299 g/mol. The molecule has 0 radical (unpaired) electrons. The molecule has 0 bridgehead atoms. The first-order chi connectivity index (χ1) is 9.53. The fraction of sp³-hybridized carbons (Fsp3) is 0.231. The molecule has 7 heteroatoms. The average Bonchev–Trinajstić information content (AvgIpc) is 2.90. The molecule has 0 spiro atoms. The largest absolute Gasteiger partial charge is 0.326 e. The van der Waals surface area contributed by atoms with Crippen LogP contribution in [0.2, 0.25) is 0 Å². The van der Waals surface area contributed by atoms with Crippen LogP contribution in [-0.4, -0.2) is 15.0 Å². The molecule has 1 aromatic heterocycles. The van der Waals surface area contributed by atoms with E-state index in [9.17, 15) is 12.8 Å². The second-order valence-electron chi connectivity index (χ2n) is 4.19. The quantitative estimate of drug-likeness (QED) is 0.855. The Bertz CT molecular complexity index is 666. The van der Waals surface area contributed by atoms with E-state index < -0.39 is 10.0 Å². The summed E-state index contributed by atoms with van der Waals surface area (Å²) in [5, 5.41) is 1.71. The summed E-state index contributed by atoms with van der Waals surface area (Å²) < 4.78 is 39.5. The van der Waals surface area contributed by atoms with E-state index in [1.807, 2.05) is 0 Å². The van der Waals surface area contributed by atoms with Gasteiger partial charge in [-0.25, -0.2) is 17.5 Å². The molecule has 0 unspecified atom stereocenters. The number of nitrogens with two attached hydrogens (primary N) is 1. The number of sulfonamides is 1. The Hall–Kier alpha value is -1.28. The predicted molar refractivity (Wildman–Crippen MR) is 77.5 cm³/mol. The molecule has 108 valence electrons. The summed E-state index contributed by atoms with van der Waals surface area (Å²) in [5.74, 6) is -0.305. The molecule has 0 fully saturated rings. The van der Waals surface area contributed by atoms with Gasteiger partial charge in [-0.2, -0.15) is 0 Å². The minimum Gasteiger partial charge on any atom is -0.326 e. The van der Waals surface area contributed by atoms with Crippen LogP contribution in [0.4, 0.5) is 4.39 Å². The molecule has 0 aliphatic rings. The van der Waals surface area contributed by atoms with Gasteiger partial charge >= 0.3 is 0 Å². The maximum atomic E-state index is 12.7. The fourth-order valence-electron chi connectivity index (χ4n) is 1.78. The van der Waals surface area contributed by atoms with E-state index in [4.69, 9.17) is 5.73 Å². The second-order valence-corrected chi connectivity index (χ2v) is 6.92. The first kappa shape index (κ1) is 15.1. The van der Waals surface area contributed by atoms with Gasteiger partial charge in [-0.1, -0.05) is 12.1 Å². The van der Waals surface area contributed by atoms with E-state index in [-0.39, 0.29) is 23.8 Å². The van der Waals surface area contributed by atoms with Gasteiger partial charge in [0.2, 0.25) is 10.0 Å². The third-order valence-corrected chi connectivity index (χ3v) is 5.42. The van der Waals surface area contributed by atoms with Gasteiger partial charge < -0.3 is 5.73 Å². The topological polar surface area (TPSA) is 72.2 Å². The highest BCUT2D eigenvalue weighted by Crippen LogP contribution is 2.20. The molecule has 0 saturated carbocycles. The van der Waals surface area contributed by atoms with Crippen molar-refractivity contribution in [1.29, 1.82) is 0 Å². The highest BCUT2D eigenvalue weighted by Gasteiger charge is 2.18. The molecule has 0 atom stereocenters. The normalized spacial score (nSPS) is 11.7. The minimum atomic E-state index is -3.53. The summed E-state index contributed by atoms with van der Waals surface area (Å²) in [7, 11) is -3.53. The highest BCUT2D eigenvalue weighted by atomic mass is 32.2. The average molecular weight is 314 g/mol. The van der Waals surface area contributed by atoms with E-state index in [2.05, 4.69) is 4.72 Å². The maximum absolute atomic E-state index is 12.7. The Morgan fingerprint density at radius 1 is 1.20 bits per heavy atom. The molecule has 0 amide bonds. The van der Waals surface area contributed by atoms with Crippen LogP contribution < -0.4 is 10.5 Å². The van der Waals surface area contributed by atoms with Gasteiger partial charge in [-0.15, -0.1) is 11.3 Å². The lowest BCUT2D eigenvalue weighted by atomic mass is 10.1. The van der Waals surface area contributed by atoms with Gasteiger partial charge in [0.1, 0.15) is 5.82 Å². The SMILES string of the molecule is NCc1sccc1S(=O)(=O)NCCc1ccc(F)cc1. The van der Waals surface area contributed by atoms with E-state index >= 15 is 0 Å². The number of benzene rings is 1. The minimum absolute atomic E-state index is 0.200. The van der Waals surface area contributed by atoms with Crippen LogP contribution in [0.1, 0.15) is 10.4 Å². The van der Waals surface area contributed by atoms with E-state index in [0.29, 0.717) is 11.3 Å². The zero-order valence-electron chi connectivity index (χ0n) is 10.7. The zero-order chi connectivity index (χ0) is 14.6. The van der Waals surface area contributed by atoms with Gasteiger partial charge in [0.25, 0.3) is 0 Å². The smallest absolute Gasteiger partial charge is 0.241 e. The van der Waals surface area contributed by atoms with Crippen molar-refractivity contribution < 1.29 is 12.8 Å². The van der Waals surface area contributed by atoms with Crippen LogP contribution in [0, 0.1) is 5.82 Å². The van der Waals surface area contributed by atoms with Crippen LogP contribution in [0.5, 0.6) is 0 Å². The van der Waals surface area contributed by atoms with Crippen LogP contribution in [0.15, 0.2) is 40.6 Å². The van der Waals surface area contributed by atoms with Crippen molar-refractivity contribution in [3.8, 4) is 0 Å². The molecule has 0 aliphatic heterocycles. The molecule has 1 aromatic carbocycles. The fourth-order valence-corrected chi connectivity index (χ4v) is 4.14. The van der Waals surface area contributed by atoms with E-state index in [1.54, 1.807) is 23.6 Å². The molecule has 2 rings (SSSR count). The van der Waals surface area contributed by atoms with Gasteiger partial charge in [-0.3, -0.25) is 0 Å². The maximum Gasteiger partial charge on any atom is 0.241 e. The molecule has 0 aliphatic carbocycles. The number of rotatable bonds is 6. The summed E-state index contributed by atoms with van der Waals surface area (Å²) >= 11 is 1.32. The van der Waals surface area contributed by atoms with Crippen molar-refractivity contribution in [3.63, 3.8) is 0 Å². The zero-order valence-corrected chi connectivity index (χ0v) is 12.3. The van der Waals surface area contributed by atoms with Crippen LogP contribution in [0.3, 0.4) is 0 Å². The highest BCUT2D eigenvalue weighted by molar-refractivity contribution is 7.89. The van der Waals surface area contributed by atoms with Gasteiger partial charge in [0.15, 0.2) is 0 Å². The van der Waals surface area contributed by atoms with Gasteiger partial charge in [0, 0.05) is 18.0 Å². The van der Waals surface area contributed by atoms with Gasteiger partial charge in [0.05, 0.1) is 4.90 Å². The second kappa shape index (κ2) is 6.45. The molecule has 2 aromatic rings. The summed E-state index contributed by atoms with van der Waals surface area (Å²) in [6.45, 7) is 0.458. The number of thiophene rings is 1. The monoisotopic (exact) mass is 314 g/mol. The summed E-state index contributed by atoms with van der Waals surface area (Å²) in [5.41, 5.74) is 6.38. The Morgan fingerprint density at radius 2 is 1.90 bits per heavy atom. The van der Waals surface area contributed by atoms with Crippen molar-refractivity contribution in [3.05, 3.63) is 52.0 Å². The summed E-state index contributed by atoms with van der Waals surface area (Å²) in [6, 6.07) is 7.54. The molecule has 1 heterocycles. The number of hydrogen-bond acceptors (Lipinski definition) is 4. The third kappa shape index (κ3) is 3.63. The predicted octanol–water partition coefficient (Wildman–Crippen LogP) is 1.87. The Labute approximate surface area is 121 Å². The lowest BCUT2D eigenvalue weighted by Gasteiger charge is -2.07. The Morgan fingerprint density at radius 3 is 2.55 bits per heavy atom. The van der Waals surface area contributed by atoms with E-state index in [1.165, 1.54) is 23.5 Å². The molecule has 0 saturated heterocycles. The molecule has 20 heavy (non-hydrogen) atoms. The van der Waals surface area contributed by atoms with Crippen LogP contribution in [0.25, 0.3) is 0 Å². The standard InChI is InChI=1S/C13H15FN2O2S2/c14-11-3-1-10(2-4-11)5-7-16-20(17,18)13-6-8-19-12(13)9-15/h1-4,6,8,16H,5,7,9,15H2. The van der Waals surface area contributed by atoms with Crippen molar-refractivity contribution in [1.82, 2.24) is 4.72 Å². The van der Waals surface area contributed by atoms with Crippen LogP contribution in [-0.2, 0) is 23.0 Å². The first-order valence-electron chi connectivity index (χ1n) is 6.03. The lowest BCUT2D eigenvalue weighted by molar-refractivity contribution is 0.581. The van der Waals surface area contributed by atoms with Gasteiger partial charge in [-0.05, 0) is 35.6 Å². The third-order valence-electron chi connectivity index (χ3n) is 2.80. The van der Waals surface area contributed by atoms with Crippen molar-refractivity contribution in [2.75, 3.05) is 6.54 Å². The Kier molecular flexibility index (Phi) is 4.87. The van der Waals surface area contributed by atoms with Crippen molar-refractivity contribution >= 4 is 21.4 Å². The lowest BCUT2D eigenvalue weighted by Crippen LogP contribution is -2.26. The van der Waals surface area contributed by atoms with Crippen molar-refractivity contribution in [2.45, 2.75) is 17.9 Å². The van der Waals surface area contributed by atoms with E-state index in [0.717, 1.165) is 5.56 Å². The number of nitrogens with one attached hydrogen (secondary N) is 1. The summed E-state index contributed by atoms with van der Waals surface area (Å²) in [4.78, 5) is 0.878. The Balaban J connectivity index is 1.98. The van der Waals surface area contributed by atoms with Crippen molar-refractivity contribution in [2.24, 2.45) is 5.73 Å².